The fourth-order valence-electron chi connectivity index (χ4n) is 6.50. The molecule has 2 amide bonds. The van der Waals surface area contributed by atoms with Crippen molar-refractivity contribution < 1.29 is 28.7 Å². The molecule has 3 fully saturated rings. The van der Waals surface area contributed by atoms with Gasteiger partial charge in [0.15, 0.2) is 0 Å². The van der Waals surface area contributed by atoms with Gasteiger partial charge in [-0.1, -0.05) is 32.0 Å². The number of ether oxygens (including phenoxy) is 2. The van der Waals surface area contributed by atoms with E-state index in [0.29, 0.717) is 24.0 Å². The lowest BCUT2D eigenvalue weighted by molar-refractivity contribution is -0.145. The van der Waals surface area contributed by atoms with Gasteiger partial charge in [0.2, 0.25) is 5.91 Å². The summed E-state index contributed by atoms with van der Waals surface area (Å²) in [5.74, 6) is -0.428. The smallest absolute Gasteiger partial charge is 0.319 e. The molecule has 3 aliphatic rings. The molecule has 196 valence electrons. The number of hydrazine groups is 1. The molecule has 36 heavy (non-hydrogen) atoms. The summed E-state index contributed by atoms with van der Waals surface area (Å²) in [5.41, 5.74) is -0.188. The van der Waals surface area contributed by atoms with Crippen molar-refractivity contribution in [3.8, 4) is 0 Å². The van der Waals surface area contributed by atoms with E-state index in [4.69, 9.17) is 9.47 Å². The molecule has 4 atom stereocenters. The fourth-order valence-corrected chi connectivity index (χ4v) is 7.53. The number of benzene rings is 1. The number of hydrogen-bond donors (Lipinski definition) is 0. The average Bonchev–Trinajstić information content (AvgIpc) is 3.37. The molecule has 8 nitrogen and oxygen atoms in total. The second-order valence-electron chi connectivity index (χ2n) is 10.2. The summed E-state index contributed by atoms with van der Waals surface area (Å²) in [6.45, 7) is 8.27. The van der Waals surface area contributed by atoms with Gasteiger partial charge < -0.3 is 9.47 Å². The second-order valence-corrected chi connectivity index (χ2v) is 11.6. The molecular weight excluding hydrogens is 480 g/mol. The fraction of sp³-hybridized carbons (Fsp3) is 0.630. The van der Waals surface area contributed by atoms with Gasteiger partial charge in [0.25, 0.3) is 5.91 Å². The minimum absolute atomic E-state index is 0.0281. The molecule has 4 rings (SSSR count). The molecule has 0 radical (unpaired) electrons. The average molecular weight is 517 g/mol. The maximum Gasteiger partial charge on any atom is 0.319 e. The third-order valence-corrected chi connectivity index (χ3v) is 9.52. The minimum Gasteiger partial charge on any atom is -0.466 e. The summed E-state index contributed by atoms with van der Waals surface area (Å²) in [6, 6.07) is 9.03. The van der Waals surface area contributed by atoms with Crippen LogP contribution in [0.3, 0.4) is 0 Å². The summed E-state index contributed by atoms with van der Waals surface area (Å²) >= 11 is 1.22. The van der Waals surface area contributed by atoms with E-state index in [9.17, 15) is 19.2 Å². The van der Waals surface area contributed by atoms with Crippen LogP contribution in [-0.4, -0.2) is 59.0 Å². The number of carbonyl (C=O) groups excluding carboxylic acids is 4. The number of anilines is 1. The molecule has 0 aromatic heterocycles. The monoisotopic (exact) mass is 516 g/mol. The Hall–Kier alpha value is -2.55. The number of amides is 2. The van der Waals surface area contributed by atoms with Crippen molar-refractivity contribution in [3.63, 3.8) is 0 Å². The quantitative estimate of drug-likeness (QED) is 0.434. The molecule has 1 aromatic carbocycles. The largest absolute Gasteiger partial charge is 0.466 e. The zero-order chi connectivity index (χ0) is 26.1. The van der Waals surface area contributed by atoms with Crippen LogP contribution >= 0.6 is 11.8 Å². The van der Waals surface area contributed by atoms with Crippen molar-refractivity contribution in [2.75, 3.05) is 24.0 Å². The third kappa shape index (κ3) is 4.29. The van der Waals surface area contributed by atoms with E-state index in [2.05, 4.69) is 13.8 Å². The van der Waals surface area contributed by atoms with E-state index in [1.165, 1.54) is 11.8 Å². The SMILES string of the molecule is CCOC(=O)CCS[C@H](CC(=O)N1[C@@H]2C[C@H]3CC[C@]2(C(=O)N1c1ccccc1)C3(C)C)C(=O)OCC. The van der Waals surface area contributed by atoms with E-state index in [1.807, 2.05) is 30.3 Å². The van der Waals surface area contributed by atoms with Gasteiger partial charge in [-0.05, 0) is 56.6 Å². The molecule has 0 unspecified atom stereocenters. The summed E-state index contributed by atoms with van der Waals surface area (Å²) < 4.78 is 10.2. The summed E-state index contributed by atoms with van der Waals surface area (Å²) in [7, 11) is 0. The maximum absolute atomic E-state index is 14.1. The zero-order valence-corrected chi connectivity index (χ0v) is 22.3. The Morgan fingerprint density at radius 2 is 1.81 bits per heavy atom. The number of esters is 2. The van der Waals surface area contributed by atoms with Crippen molar-refractivity contribution >= 4 is 41.2 Å². The van der Waals surface area contributed by atoms with Crippen LogP contribution in [0.1, 0.15) is 59.8 Å². The Kier molecular flexibility index (Phi) is 7.69. The van der Waals surface area contributed by atoms with Gasteiger partial charge in [-0.3, -0.25) is 19.2 Å². The Balaban J connectivity index is 1.60. The molecule has 1 aromatic rings. The number of fused-ring (bicyclic) bond motifs is 1. The number of thioether (sulfide) groups is 1. The Morgan fingerprint density at radius 1 is 1.11 bits per heavy atom. The predicted octanol–water partition coefficient (Wildman–Crippen LogP) is 3.98. The number of nitrogens with zero attached hydrogens (tertiary/aromatic N) is 2. The first-order chi connectivity index (χ1) is 17.2. The molecule has 1 heterocycles. The number of rotatable bonds is 10. The third-order valence-electron chi connectivity index (χ3n) is 8.32. The Morgan fingerprint density at radius 3 is 2.44 bits per heavy atom. The normalized spacial score (nSPS) is 26.6. The molecule has 2 aliphatic carbocycles. The topological polar surface area (TPSA) is 93.2 Å². The first-order valence-corrected chi connectivity index (χ1v) is 13.9. The number of carbonyl (C=O) groups is 4. The molecule has 2 saturated carbocycles. The molecule has 1 aliphatic heterocycles. The van der Waals surface area contributed by atoms with E-state index in [0.717, 1.165) is 19.3 Å². The predicted molar refractivity (Wildman–Crippen MR) is 137 cm³/mol. The van der Waals surface area contributed by atoms with Crippen LogP contribution in [-0.2, 0) is 28.7 Å². The van der Waals surface area contributed by atoms with Crippen LogP contribution in [0.15, 0.2) is 30.3 Å². The lowest BCUT2D eigenvalue weighted by Gasteiger charge is -2.35. The summed E-state index contributed by atoms with van der Waals surface area (Å²) in [4.78, 5) is 52.6. The Labute approximate surface area is 217 Å². The highest BCUT2D eigenvalue weighted by molar-refractivity contribution is 8.00. The van der Waals surface area contributed by atoms with Crippen LogP contribution in [0.25, 0.3) is 0 Å². The van der Waals surface area contributed by atoms with E-state index in [1.54, 1.807) is 23.9 Å². The van der Waals surface area contributed by atoms with Crippen LogP contribution < -0.4 is 5.01 Å². The molecule has 9 heteroatoms. The lowest BCUT2D eigenvalue weighted by atomic mass is 9.67. The van der Waals surface area contributed by atoms with Crippen molar-refractivity contribution in [3.05, 3.63) is 30.3 Å². The standard InChI is InChI=1S/C27H36N2O6S/c1-5-34-23(31)13-15-36-20(24(32)35-6-2)17-22(30)29-21-16-18-12-14-27(21,26(18,3)4)25(33)28(29)19-10-8-7-9-11-19/h7-11,18,20-21H,5-6,12-17H2,1-4H3/t18-,20-,21-,27+/m1/s1. The maximum atomic E-state index is 14.1. The lowest BCUT2D eigenvalue weighted by Crippen LogP contribution is -2.48. The van der Waals surface area contributed by atoms with Gasteiger partial charge in [-0.15, -0.1) is 11.8 Å². The first-order valence-electron chi connectivity index (χ1n) is 12.8. The van der Waals surface area contributed by atoms with Gasteiger partial charge in [-0.25, -0.2) is 10.0 Å². The van der Waals surface area contributed by atoms with Crippen molar-refractivity contribution in [2.45, 2.75) is 71.1 Å². The summed E-state index contributed by atoms with van der Waals surface area (Å²) in [5, 5.41) is 2.42. The zero-order valence-electron chi connectivity index (χ0n) is 21.5. The molecular formula is C27H36N2O6S. The second kappa shape index (κ2) is 10.4. The van der Waals surface area contributed by atoms with Crippen LogP contribution in [0.5, 0.6) is 0 Å². The highest BCUT2D eigenvalue weighted by Gasteiger charge is 2.75. The highest BCUT2D eigenvalue weighted by Crippen LogP contribution is 2.70. The van der Waals surface area contributed by atoms with Crippen LogP contribution in [0.2, 0.25) is 0 Å². The highest BCUT2D eigenvalue weighted by atomic mass is 32.2. The van der Waals surface area contributed by atoms with E-state index >= 15 is 0 Å². The first kappa shape index (κ1) is 26.5. The number of para-hydroxylation sites is 1. The van der Waals surface area contributed by atoms with Gasteiger partial charge >= 0.3 is 11.9 Å². The van der Waals surface area contributed by atoms with Gasteiger partial charge in [0.1, 0.15) is 5.25 Å². The number of hydrogen-bond acceptors (Lipinski definition) is 7. The van der Waals surface area contributed by atoms with Gasteiger partial charge in [-0.2, -0.15) is 0 Å². The van der Waals surface area contributed by atoms with Crippen molar-refractivity contribution in [1.29, 1.82) is 0 Å². The van der Waals surface area contributed by atoms with E-state index in [-0.39, 0.29) is 48.7 Å². The molecule has 1 spiro atoms. The molecule has 1 saturated heterocycles. The van der Waals surface area contributed by atoms with Crippen LogP contribution in [0, 0.1) is 16.7 Å². The van der Waals surface area contributed by atoms with Gasteiger partial charge in [0, 0.05) is 5.75 Å². The molecule has 0 N–H and O–H groups in total. The Bertz CT molecular complexity index is 1010. The molecule has 2 bridgehead atoms. The van der Waals surface area contributed by atoms with Crippen molar-refractivity contribution in [2.24, 2.45) is 16.7 Å². The van der Waals surface area contributed by atoms with Gasteiger partial charge in [0.05, 0.1) is 43.2 Å². The van der Waals surface area contributed by atoms with Crippen molar-refractivity contribution in [1.82, 2.24) is 5.01 Å². The minimum atomic E-state index is -0.775. The van der Waals surface area contributed by atoms with E-state index < -0.39 is 16.6 Å². The summed E-state index contributed by atoms with van der Waals surface area (Å²) in [6.07, 6.45) is 2.54. The van der Waals surface area contributed by atoms with Crippen LogP contribution in [0.4, 0.5) is 5.69 Å².